The molecule has 1 heterocycles. The van der Waals surface area contributed by atoms with E-state index in [2.05, 4.69) is 5.32 Å². The molecule has 1 fully saturated rings. The number of carbonyl (C=O) groups excluding carboxylic acids is 2. The SMILES string of the molecule is CCOC(=O)N1CCC(NC(=O)CCS(=O)(=O)N(C)c2ccccc2)CC1. The van der Waals surface area contributed by atoms with Gasteiger partial charge in [-0.05, 0) is 31.9 Å². The lowest BCUT2D eigenvalue weighted by molar-refractivity contribution is -0.121. The Labute approximate surface area is 160 Å². The van der Waals surface area contributed by atoms with Crippen molar-refractivity contribution in [3.05, 3.63) is 30.3 Å². The zero-order valence-electron chi connectivity index (χ0n) is 15.8. The number of nitrogens with one attached hydrogen (secondary N) is 1. The molecule has 0 spiro atoms. The van der Waals surface area contributed by atoms with Crippen LogP contribution < -0.4 is 9.62 Å². The summed E-state index contributed by atoms with van der Waals surface area (Å²) in [4.78, 5) is 25.4. The summed E-state index contributed by atoms with van der Waals surface area (Å²) in [6, 6.07) is 8.68. The van der Waals surface area contributed by atoms with Crippen LogP contribution in [0.1, 0.15) is 26.2 Å². The Morgan fingerprint density at radius 1 is 1.22 bits per heavy atom. The second-order valence-corrected chi connectivity index (χ2v) is 8.52. The number of rotatable bonds is 7. The lowest BCUT2D eigenvalue weighted by Crippen LogP contribution is -2.47. The van der Waals surface area contributed by atoms with Gasteiger partial charge >= 0.3 is 6.09 Å². The van der Waals surface area contributed by atoms with Crippen molar-refractivity contribution < 1.29 is 22.7 Å². The van der Waals surface area contributed by atoms with Gasteiger partial charge in [-0.3, -0.25) is 9.10 Å². The van der Waals surface area contributed by atoms with E-state index < -0.39 is 10.0 Å². The van der Waals surface area contributed by atoms with E-state index in [1.807, 2.05) is 6.07 Å². The van der Waals surface area contributed by atoms with Crippen molar-refractivity contribution in [2.24, 2.45) is 0 Å². The number of sulfonamides is 1. The maximum absolute atomic E-state index is 12.4. The summed E-state index contributed by atoms with van der Waals surface area (Å²) in [5.41, 5.74) is 0.559. The second kappa shape index (κ2) is 9.59. The fourth-order valence-electron chi connectivity index (χ4n) is 2.88. The Balaban J connectivity index is 1.77. The highest BCUT2D eigenvalue weighted by atomic mass is 32.2. The average molecular weight is 397 g/mol. The van der Waals surface area contributed by atoms with Crippen molar-refractivity contribution in [1.29, 1.82) is 0 Å². The number of benzene rings is 1. The Kier molecular flexibility index (Phi) is 7.46. The molecule has 0 atom stereocenters. The Hall–Kier alpha value is -2.29. The minimum absolute atomic E-state index is 0.0577. The summed E-state index contributed by atoms with van der Waals surface area (Å²) in [5.74, 6) is -0.555. The topological polar surface area (TPSA) is 96.0 Å². The van der Waals surface area contributed by atoms with Gasteiger partial charge in [0.05, 0.1) is 18.0 Å². The van der Waals surface area contributed by atoms with Crippen molar-refractivity contribution in [3.63, 3.8) is 0 Å². The van der Waals surface area contributed by atoms with Crippen molar-refractivity contribution >= 4 is 27.7 Å². The quantitative estimate of drug-likeness (QED) is 0.754. The first-order valence-corrected chi connectivity index (χ1v) is 10.7. The van der Waals surface area contributed by atoms with Crippen LogP contribution in [0, 0.1) is 0 Å². The molecule has 2 rings (SSSR count). The molecule has 0 aromatic heterocycles. The molecule has 1 saturated heterocycles. The predicted molar refractivity (Wildman–Crippen MR) is 103 cm³/mol. The molecule has 1 aromatic carbocycles. The maximum Gasteiger partial charge on any atom is 0.409 e. The molecule has 9 heteroatoms. The van der Waals surface area contributed by atoms with Crippen molar-refractivity contribution in [2.75, 3.05) is 36.8 Å². The van der Waals surface area contributed by atoms with Gasteiger partial charge in [0.15, 0.2) is 0 Å². The van der Waals surface area contributed by atoms with E-state index in [1.54, 1.807) is 36.1 Å². The van der Waals surface area contributed by atoms with Crippen LogP contribution in [0.25, 0.3) is 0 Å². The van der Waals surface area contributed by atoms with E-state index in [9.17, 15) is 18.0 Å². The molecular formula is C18H27N3O5S. The Morgan fingerprint density at radius 3 is 2.44 bits per heavy atom. The molecule has 1 aromatic rings. The summed E-state index contributed by atoms with van der Waals surface area (Å²) in [6.45, 7) is 3.12. The first-order valence-electron chi connectivity index (χ1n) is 9.06. The van der Waals surface area contributed by atoms with Gasteiger partial charge in [-0.25, -0.2) is 13.2 Å². The van der Waals surface area contributed by atoms with E-state index in [0.717, 1.165) is 0 Å². The molecule has 0 radical (unpaired) electrons. The van der Waals surface area contributed by atoms with Crippen LogP contribution >= 0.6 is 0 Å². The van der Waals surface area contributed by atoms with Crippen molar-refractivity contribution in [2.45, 2.75) is 32.2 Å². The van der Waals surface area contributed by atoms with Gasteiger partial charge in [-0.15, -0.1) is 0 Å². The zero-order valence-corrected chi connectivity index (χ0v) is 16.6. The van der Waals surface area contributed by atoms with E-state index >= 15 is 0 Å². The molecule has 0 saturated carbocycles. The highest BCUT2D eigenvalue weighted by Gasteiger charge is 2.25. The molecule has 27 heavy (non-hydrogen) atoms. The third-order valence-corrected chi connectivity index (χ3v) is 6.28. The predicted octanol–water partition coefficient (Wildman–Crippen LogP) is 1.58. The number of para-hydroxylation sites is 1. The van der Waals surface area contributed by atoms with Crippen LogP contribution in [0.5, 0.6) is 0 Å². The number of anilines is 1. The molecule has 1 aliphatic rings. The fraction of sp³-hybridized carbons (Fsp3) is 0.556. The number of ether oxygens (including phenoxy) is 1. The second-order valence-electron chi connectivity index (χ2n) is 6.40. The monoisotopic (exact) mass is 397 g/mol. The summed E-state index contributed by atoms with van der Waals surface area (Å²) in [6.07, 6.45) is 0.817. The largest absolute Gasteiger partial charge is 0.450 e. The van der Waals surface area contributed by atoms with E-state index in [4.69, 9.17) is 4.74 Å². The first kappa shape index (κ1) is 21.0. The summed E-state index contributed by atoms with van der Waals surface area (Å²) in [7, 11) is -2.09. The molecule has 0 unspecified atom stereocenters. The highest BCUT2D eigenvalue weighted by Crippen LogP contribution is 2.16. The summed E-state index contributed by atoms with van der Waals surface area (Å²) >= 11 is 0. The van der Waals surface area contributed by atoms with Gasteiger partial charge in [-0.2, -0.15) is 0 Å². The number of piperidine rings is 1. The number of hydrogen-bond acceptors (Lipinski definition) is 5. The van der Waals surface area contributed by atoms with Crippen LogP contribution in [0.3, 0.4) is 0 Å². The van der Waals surface area contributed by atoms with Gasteiger partial charge in [0, 0.05) is 32.6 Å². The third kappa shape index (κ3) is 6.13. The van der Waals surface area contributed by atoms with E-state index in [0.29, 0.717) is 38.2 Å². The Bertz CT molecular complexity index is 731. The number of amides is 2. The number of nitrogens with zero attached hydrogens (tertiary/aromatic N) is 2. The smallest absolute Gasteiger partial charge is 0.409 e. The molecule has 1 aliphatic heterocycles. The minimum Gasteiger partial charge on any atom is -0.450 e. The van der Waals surface area contributed by atoms with Crippen molar-refractivity contribution in [3.8, 4) is 0 Å². The third-order valence-electron chi connectivity index (χ3n) is 4.51. The van der Waals surface area contributed by atoms with Crippen LogP contribution in [0.4, 0.5) is 10.5 Å². The maximum atomic E-state index is 12.4. The zero-order chi connectivity index (χ0) is 19.9. The van der Waals surface area contributed by atoms with Crippen LogP contribution in [-0.4, -0.2) is 63.9 Å². The summed E-state index contributed by atoms with van der Waals surface area (Å²) < 4.78 is 30.9. The molecule has 2 amide bonds. The number of hydrogen-bond donors (Lipinski definition) is 1. The lowest BCUT2D eigenvalue weighted by Gasteiger charge is -2.31. The fourth-order valence-corrected chi connectivity index (χ4v) is 4.04. The lowest BCUT2D eigenvalue weighted by atomic mass is 10.1. The van der Waals surface area contributed by atoms with E-state index in [1.165, 1.54) is 11.4 Å². The van der Waals surface area contributed by atoms with Gasteiger partial charge in [-0.1, -0.05) is 18.2 Å². The van der Waals surface area contributed by atoms with Crippen molar-refractivity contribution in [1.82, 2.24) is 10.2 Å². The highest BCUT2D eigenvalue weighted by molar-refractivity contribution is 7.92. The van der Waals surface area contributed by atoms with Gasteiger partial charge in [0.25, 0.3) is 0 Å². The molecule has 0 bridgehead atoms. The number of likely N-dealkylation sites (tertiary alicyclic amines) is 1. The van der Waals surface area contributed by atoms with Gasteiger partial charge in [0.1, 0.15) is 0 Å². The normalized spacial score (nSPS) is 15.3. The molecule has 0 aliphatic carbocycles. The van der Waals surface area contributed by atoms with Crippen LogP contribution in [-0.2, 0) is 19.6 Å². The minimum atomic E-state index is -3.57. The Morgan fingerprint density at radius 2 is 1.85 bits per heavy atom. The van der Waals surface area contributed by atoms with E-state index in [-0.39, 0.29) is 30.2 Å². The summed E-state index contributed by atoms with van der Waals surface area (Å²) in [5, 5.41) is 2.86. The molecule has 1 N–H and O–H groups in total. The standard InChI is InChI=1S/C18H27N3O5S/c1-3-26-18(23)21-12-9-15(10-13-21)19-17(22)11-14-27(24,25)20(2)16-7-5-4-6-8-16/h4-8,15H,3,9-14H2,1-2H3,(H,19,22). The number of carbonyl (C=O) groups is 2. The molecular weight excluding hydrogens is 370 g/mol. The molecule has 150 valence electrons. The van der Waals surface area contributed by atoms with Crippen LogP contribution in [0.15, 0.2) is 30.3 Å². The molecule has 8 nitrogen and oxygen atoms in total. The van der Waals surface area contributed by atoms with Crippen LogP contribution in [0.2, 0.25) is 0 Å². The van der Waals surface area contributed by atoms with Gasteiger partial charge < -0.3 is 15.0 Å². The average Bonchev–Trinajstić information content (AvgIpc) is 2.67. The first-order chi connectivity index (χ1) is 12.8. The van der Waals surface area contributed by atoms with Gasteiger partial charge in [0.2, 0.25) is 15.9 Å².